The first kappa shape index (κ1) is 8.94. The lowest BCUT2D eigenvalue weighted by Gasteiger charge is -1.95. The molecule has 1 saturated carbocycles. The highest BCUT2D eigenvalue weighted by Crippen LogP contribution is 2.33. The number of hydrogen-bond donors (Lipinski definition) is 1. The van der Waals surface area contributed by atoms with Crippen LogP contribution in [0.1, 0.15) is 31.7 Å². The monoisotopic (exact) mass is 197 g/mol. The summed E-state index contributed by atoms with van der Waals surface area (Å²) in [5, 5.41) is 13.8. The summed E-state index contributed by atoms with van der Waals surface area (Å²) in [7, 11) is 0. The predicted octanol–water partition coefficient (Wildman–Crippen LogP) is 2.31. The number of hydrogen-bond acceptors (Lipinski definition) is 4. The van der Waals surface area contributed by atoms with Gasteiger partial charge >= 0.3 is 0 Å². The number of rotatable bonds is 4. The van der Waals surface area contributed by atoms with Crippen LogP contribution in [0.15, 0.2) is 0 Å². The molecular weight excluding hydrogens is 182 g/mol. The van der Waals surface area contributed by atoms with Gasteiger partial charge < -0.3 is 5.32 Å². The van der Waals surface area contributed by atoms with Gasteiger partial charge in [-0.2, -0.15) is 0 Å². The third-order valence-corrected chi connectivity index (χ3v) is 3.26. The van der Waals surface area contributed by atoms with Gasteiger partial charge in [0.2, 0.25) is 5.13 Å². The molecular formula is C9H15N3S. The molecule has 13 heavy (non-hydrogen) atoms. The summed E-state index contributed by atoms with van der Waals surface area (Å²) < 4.78 is 0. The van der Waals surface area contributed by atoms with Crippen LogP contribution in [0.3, 0.4) is 0 Å². The second-order valence-corrected chi connectivity index (χ2v) is 4.78. The van der Waals surface area contributed by atoms with E-state index in [1.807, 2.05) is 0 Å². The SMILES string of the molecule is CCCc1nnc(NC2CC2C)s1. The Balaban J connectivity index is 1.89. The predicted molar refractivity (Wildman–Crippen MR) is 55.1 cm³/mol. The van der Waals surface area contributed by atoms with Gasteiger partial charge in [-0.05, 0) is 18.8 Å². The molecule has 2 atom stereocenters. The normalized spacial score (nSPS) is 26.0. The first-order chi connectivity index (χ1) is 6.29. The number of anilines is 1. The van der Waals surface area contributed by atoms with Crippen LogP contribution in [0.2, 0.25) is 0 Å². The summed E-state index contributed by atoms with van der Waals surface area (Å²) in [5.41, 5.74) is 0. The lowest BCUT2D eigenvalue weighted by atomic mass is 10.4. The van der Waals surface area contributed by atoms with Gasteiger partial charge in [-0.15, -0.1) is 10.2 Å². The molecule has 1 aliphatic carbocycles. The van der Waals surface area contributed by atoms with E-state index in [4.69, 9.17) is 0 Å². The molecule has 0 aliphatic heterocycles. The fourth-order valence-corrected chi connectivity index (χ4v) is 2.21. The summed E-state index contributed by atoms with van der Waals surface area (Å²) in [6.07, 6.45) is 3.48. The number of nitrogens with zero attached hydrogens (tertiary/aromatic N) is 2. The van der Waals surface area contributed by atoms with Crippen molar-refractivity contribution in [3.05, 3.63) is 5.01 Å². The van der Waals surface area contributed by atoms with Crippen molar-refractivity contribution in [3.63, 3.8) is 0 Å². The highest BCUT2D eigenvalue weighted by atomic mass is 32.1. The van der Waals surface area contributed by atoms with E-state index in [0.717, 1.165) is 28.9 Å². The Labute approximate surface area is 82.6 Å². The zero-order chi connectivity index (χ0) is 9.26. The van der Waals surface area contributed by atoms with Gasteiger partial charge in [0.1, 0.15) is 5.01 Å². The lowest BCUT2D eigenvalue weighted by Crippen LogP contribution is -2.02. The molecule has 1 N–H and O–H groups in total. The molecule has 1 aromatic rings. The van der Waals surface area contributed by atoms with Crippen LogP contribution >= 0.6 is 11.3 Å². The quantitative estimate of drug-likeness (QED) is 0.805. The van der Waals surface area contributed by atoms with Crippen molar-refractivity contribution < 1.29 is 0 Å². The van der Waals surface area contributed by atoms with E-state index in [1.165, 1.54) is 6.42 Å². The van der Waals surface area contributed by atoms with Crippen molar-refractivity contribution in [1.29, 1.82) is 0 Å². The molecule has 72 valence electrons. The Hall–Kier alpha value is -0.640. The number of aryl methyl sites for hydroxylation is 1. The minimum atomic E-state index is 0.655. The highest BCUT2D eigenvalue weighted by Gasteiger charge is 2.33. The zero-order valence-electron chi connectivity index (χ0n) is 8.08. The molecule has 0 saturated heterocycles. The largest absolute Gasteiger partial charge is 0.357 e. The van der Waals surface area contributed by atoms with Crippen molar-refractivity contribution in [1.82, 2.24) is 10.2 Å². The minimum absolute atomic E-state index is 0.655. The summed E-state index contributed by atoms with van der Waals surface area (Å²) in [5.74, 6) is 0.818. The molecule has 1 aromatic heterocycles. The molecule has 0 radical (unpaired) electrons. The Bertz CT molecular complexity index is 284. The molecule has 1 aliphatic rings. The van der Waals surface area contributed by atoms with E-state index in [9.17, 15) is 0 Å². The van der Waals surface area contributed by atoms with Gasteiger partial charge in [-0.25, -0.2) is 0 Å². The van der Waals surface area contributed by atoms with Gasteiger partial charge in [0.15, 0.2) is 0 Å². The highest BCUT2D eigenvalue weighted by molar-refractivity contribution is 7.15. The maximum atomic E-state index is 4.12. The van der Waals surface area contributed by atoms with E-state index in [1.54, 1.807) is 11.3 Å². The smallest absolute Gasteiger partial charge is 0.205 e. The van der Waals surface area contributed by atoms with Crippen LogP contribution in [-0.4, -0.2) is 16.2 Å². The van der Waals surface area contributed by atoms with Crippen molar-refractivity contribution in [2.75, 3.05) is 5.32 Å². The standard InChI is InChI=1S/C9H15N3S/c1-3-4-8-11-12-9(13-8)10-7-5-6(7)2/h6-7H,3-5H2,1-2H3,(H,10,12). The third-order valence-electron chi connectivity index (χ3n) is 2.35. The van der Waals surface area contributed by atoms with Crippen LogP contribution in [0.25, 0.3) is 0 Å². The van der Waals surface area contributed by atoms with Crippen molar-refractivity contribution in [2.24, 2.45) is 5.92 Å². The van der Waals surface area contributed by atoms with Gasteiger partial charge in [0, 0.05) is 12.5 Å². The molecule has 0 amide bonds. The Morgan fingerprint density at radius 1 is 1.54 bits per heavy atom. The van der Waals surface area contributed by atoms with Gasteiger partial charge in [-0.1, -0.05) is 25.2 Å². The lowest BCUT2D eigenvalue weighted by molar-refractivity contribution is 0.874. The zero-order valence-corrected chi connectivity index (χ0v) is 8.90. The molecule has 0 spiro atoms. The summed E-state index contributed by atoms with van der Waals surface area (Å²) in [4.78, 5) is 0. The van der Waals surface area contributed by atoms with Gasteiger partial charge in [0.25, 0.3) is 0 Å². The van der Waals surface area contributed by atoms with Crippen LogP contribution in [0.4, 0.5) is 5.13 Å². The topological polar surface area (TPSA) is 37.8 Å². The maximum Gasteiger partial charge on any atom is 0.205 e. The first-order valence-electron chi connectivity index (χ1n) is 4.88. The van der Waals surface area contributed by atoms with E-state index in [0.29, 0.717) is 6.04 Å². The minimum Gasteiger partial charge on any atom is -0.357 e. The molecule has 2 rings (SSSR count). The summed E-state index contributed by atoms with van der Waals surface area (Å²) in [6.45, 7) is 4.42. The van der Waals surface area contributed by atoms with Gasteiger partial charge in [-0.3, -0.25) is 0 Å². The Kier molecular flexibility index (Phi) is 2.49. The fraction of sp³-hybridized carbons (Fsp3) is 0.778. The van der Waals surface area contributed by atoms with Crippen LogP contribution in [-0.2, 0) is 6.42 Å². The third kappa shape index (κ3) is 2.18. The summed E-state index contributed by atoms with van der Waals surface area (Å²) >= 11 is 1.69. The molecule has 3 nitrogen and oxygen atoms in total. The van der Waals surface area contributed by atoms with Crippen LogP contribution in [0.5, 0.6) is 0 Å². The average molecular weight is 197 g/mol. The van der Waals surface area contributed by atoms with Crippen molar-refractivity contribution in [2.45, 2.75) is 39.2 Å². The van der Waals surface area contributed by atoms with Crippen molar-refractivity contribution in [3.8, 4) is 0 Å². The fourth-order valence-electron chi connectivity index (χ4n) is 1.31. The van der Waals surface area contributed by atoms with E-state index in [2.05, 4.69) is 29.4 Å². The first-order valence-corrected chi connectivity index (χ1v) is 5.70. The van der Waals surface area contributed by atoms with E-state index in [-0.39, 0.29) is 0 Å². The molecule has 0 bridgehead atoms. The Morgan fingerprint density at radius 2 is 2.31 bits per heavy atom. The van der Waals surface area contributed by atoms with E-state index < -0.39 is 0 Å². The van der Waals surface area contributed by atoms with Crippen molar-refractivity contribution >= 4 is 16.5 Å². The Morgan fingerprint density at radius 3 is 2.92 bits per heavy atom. The number of nitrogens with one attached hydrogen (secondary N) is 1. The van der Waals surface area contributed by atoms with Gasteiger partial charge in [0.05, 0.1) is 0 Å². The van der Waals surface area contributed by atoms with E-state index >= 15 is 0 Å². The molecule has 1 heterocycles. The van der Waals surface area contributed by atoms with Crippen LogP contribution in [0, 0.1) is 5.92 Å². The second kappa shape index (κ2) is 3.62. The molecule has 1 fully saturated rings. The molecule has 4 heteroatoms. The average Bonchev–Trinajstić information content (AvgIpc) is 2.63. The summed E-state index contributed by atoms with van der Waals surface area (Å²) in [6, 6.07) is 0.655. The molecule has 2 unspecified atom stereocenters. The second-order valence-electron chi connectivity index (χ2n) is 3.71. The van der Waals surface area contributed by atoms with Crippen LogP contribution < -0.4 is 5.32 Å². The number of aromatic nitrogens is 2. The molecule has 0 aromatic carbocycles. The maximum absolute atomic E-state index is 4.12.